The maximum atomic E-state index is 13.0. The van der Waals surface area contributed by atoms with Crippen LogP contribution in [0.25, 0.3) is 0 Å². The number of nitrogens with two attached hydrogens (primary N) is 1. The van der Waals surface area contributed by atoms with Crippen molar-refractivity contribution >= 4 is 10.8 Å². The average Bonchev–Trinajstić information content (AvgIpc) is 2.63. The zero-order valence-corrected chi connectivity index (χ0v) is 14.5. The second kappa shape index (κ2) is 7.56. The molecule has 0 saturated carbocycles. The average molecular weight is 335 g/mol. The topological polar surface area (TPSA) is 43.1 Å². The highest BCUT2D eigenvalue weighted by molar-refractivity contribution is 7.85. The van der Waals surface area contributed by atoms with Crippen LogP contribution >= 0.6 is 0 Å². The van der Waals surface area contributed by atoms with Crippen LogP contribution < -0.4 is 5.73 Å². The first kappa shape index (κ1) is 16.6. The first-order valence-corrected chi connectivity index (χ1v) is 9.17. The molecule has 3 heteroatoms. The Bertz CT molecular complexity index is 828. The van der Waals surface area contributed by atoms with Gasteiger partial charge >= 0.3 is 0 Å². The van der Waals surface area contributed by atoms with Crippen LogP contribution in [0.1, 0.15) is 22.7 Å². The Labute approximate surface area is 145 Å². The summed E-state index contributed by atoms with van der Waals surface area (Å²) in [5, 5.41) is 0. The van der Waals surface area contributed by atoms with Crippen LogP contribution in [0, 0.1) is 6.92 Å². The summed E-state index contributed by atoms with van der Waals surface area (Å²) in [5.74, 6) is 0. The molecule has 0 aromatic heterocycles. The van der Waals surface area contributed by atoms with Crippen molar-refractivity contribution in [3.63, 3.8) is 0 Å². The third-order valence-electron chi connectivity index (χ3n) is 4.07. The lowest BCUT2D eigenvalue weighted by atomic mass is 10.00. The van der Waals surface area contributed by atoms with Crippen molar-refractivity contribution in [2.45, 2.75) is 29.2 Å². The summed E-state index contributed by atoms with van der Waals surface area (Å²) in [6.45, 7) is 2.03. The van der Waals surface area contributed by atoms with E-state index in [1.807, 2.05) is 85.8 Å². The number of rotatable bonds is 5. The molecule has 0 radical (unpaired) electrons. The molecular weight excluding hydrogens is 314 g/mol. The second-order valence-corrected chi connectivity index (χ2v) is 7.36. The van der Waals surface area contributed by atoms with Gasteiger partial charge in [-0.25, -0.2) is 4.21 Å². The standard InChI is InChI=1S/C21H21NOS/c1-16-11-13-19(14-12-16)24(23)21-10-6-5-9-18(21)15-20(22)17-7-3-2-4-8-17/h2-14,20H,15,22H2,1H3/t20-,24-/m0/s1. The molecule has 0 amide bonds. The fourth-order valence-corrected chi connectivity index (χ4v) is 3.93. The van der Waals surface area contributed by atoms with Crippen molar-refractivity contribution in [2.24, 2.45) is 5.73 Å². The molecule has 3 aromatic rings. The highest BCUT2D eigenvalue weighted by Gasteiger charge is 2.15. The lowest BCUT2D eigenvalue weighted by molar-refractivity contribution is 0.677. The van der Waals surface area contributed by atoms with E-state index in [2.05, 4.69) is 0 Å². The molecule has 0 aliphatic carbocycles. The molecule has 0 fully saturated rings. The molecular formula is C21H21NOS. The minimum atomic E-state index is -1.19. The first-order valence-electron chi connectivity index (χ1n) is 8.02. The number of benzene rings is 3. The molecule has 2 nitrogen and oxygen atoms in total. The molecule has 0 aliphatic heterocycles. The van der Waals surface area contributed by atoms with E-state index in [0.29, 0.717) is 6.42 Å². The Morgan fingerprint density at radius 2 is 1.50 bits per heavy atom. The lowest BCUT2D eigenvalue weighted by Gasteiger charge is -2.15. The summed E-state index contributed by atoms with van der Waals surface area (Å²) in [5.41, 5.74) is 9.64. The van der Waals surface area contributed by atoms with Crippen molar-refractivity contribution in [3.05, 3.63) is 95.6 Å². The maximum absolute atomic E-state index is 13.0. The van der Waals surface area contributed by atoms with E-state index in [4.69, 9.17) is 5.73 Å². The third-order valence-corrected chi connectivity index (χ3v) is 5.57. The minimum absolute atomic E-state index is 0.109. The Kier molecular flexibility index (Phi) is 5.24. The zero-order chi connectivity index (χ0) is 16.9. The Hall–Kier alpha value is -2.23. The first-order chi connectivity index (χ1) is 11.6. The summed E-state index contributed by atoms with van der Waals surface area (Å²) in [7, 11) is -1.19. The Morgan fingerprint density at radius 1 is 0.875 bits per heavy atom. The predicted molar refractivity (Wildman–Crippen MR) is 99.4 cm³/mol. The van der Waals surface area contributed by atoms with Gasteiger partial charge in [0.25, 0.3) is 0 Å². The lowest BCUT2D eigenvalue weighted by Crippen LogP contribution is -2.14. The molecule has 0 unspecified atom stereocenters. The van der Waals surface area contributed by atoms with E-state index in [1.165, 1.54) is 0 Å². The molecule has 3 rings (SSSR count). The summed E-state index contributed by atoms with van der Waals surface area (Å²) >= 11 is 0. The van der Waals surface area contributed by atoms with Crippen LogP contribution in [-0.2, 0) is 17.2 Å². The van der Waals surface area contributed by atoms with Crippen LogP contribution in [0.2, 0.25) is 0 Å². The maximum Gasteiger partial charge on any atom is 0.0852 e. The molecule has 2 atom stereocenters. The van der Waals surface area contributed by atoms with Gasteiger partial charge in [-0.15, -0.1) is 0 Å². The second-order valence-electron chi connectivity index (χ2n) is 5.91. The molecule has 2 N–H and O–H groups in total. The predicted octanol–water partition coefficient (Wildman–Crippen LogP) is 4.40. The van der Waals surface area contributed by atoms with Gasteiger partial charge in [-0.05, 0) is 42.7 Å². The minimum Gasteiger partial charge on any atom is -0.324 e. The molecule has 0 heterocycles. The van der Waals surface area contributed by atoms with Crippen molar-refractivity contribution in [1.29, 1.82) is 0 Å². The van der Waals surface area contributed by atoms with Crippen molar-refractivity contribution in [3.8, 4) is 0 Å². The van der Waals surface area contributed by atoms with E-state index in [1.54, 1.807) is 0 Å². The van der Waals surface area contributed by atoms with Gasteiger partial charge < -0.3 is 5.73 Å². The van der Waals surface area contributed by atoms with E-state index in [0.717, 1.165) is 26.5 Å². The van der Waals surface area contributed by atoms with Crippen LogP contribution in [0.4, 0.5) is 0 Å². The zero-order valence-electron chi connectivity index (χ0n) is 13.7. The quantitative estimate of drug-likeness (QED) is 0.751. The Morgan fingerprint density at radius 3 is 2.21 bits per heavy atom. The fourth-order valence-electron chi connectivity index (χ4n) is 2.70. The molecule has 24 heavy (non-hydrogen) atoms. The highest BCUT2D eigenvalue weighted by Crippen LogP contribution is 2.24. The molecule has 0 bridgehead atoms. The van der Waals surface area contributed by atoms with E-state index >= 15 is 0 Å². The van der Waals surface area contributed by atoms with E-state index < -0.39 is 10.8 Å². The summed E-state index contributed by atoms with van der Waals surface area (Å²) in [4.78, 5) is 1.66. The van der Waals surface area contributed by atoms with Gasteiger partial charge in [0.2, 0.25) is 0 Å². The van der Waals surface area contributed by atoms with Crippen LogP contribution in [0.5, 0.6) is 0 Å². The van der Waals surface area contributed by atoms with E-state index in [9.17, 15) is 4.21 Å². The van der Waals surface area contributed by atoms with Gasteiger partial charge in [-0.3, -0.25) is 0 Å². The molecule has 3 aromatic carbocycles. The number of hydrogen-bond donors (Lipinski definition) is 1. The van der Waals surface area contributed by atoms with Crippen LogP contribution in [0.15, 0.2) is 88.7 Å². The highest BCUT2D eigenvalue weighted by atomic mass is 32.2. The SMILES string of the molecule is Cc1ccc([S@](=O)c2ccccc2C[C@H](N)c2ccccc2)cc1. The van der Waals surface area contributed by atoms with E-state index in [-0.39, 0.29) is 6.04 Å². The number of hydrogen-bond acceptors (Lipinski definition) is 2. The molecule has 122 valence electrons. The fraction of sp³-hybridized carbons (Fsp3) is 0.143. The largest absolute Gasteiger partial charge is 0.324 e. The summed E-state index contributed by atoms with van der Waals surface area (Å²) in [6.07, 6.45) is 0.664. The van der Waals surface area contributed by atoms with Crippen molar-refractivity contribution in [1.82, 2.24) is 0 Å². The van der Waals surface area contributed by atoms with Crippen LogP contribution in [0.3, 0.4) is 0 Å². The third kappa shape index (κ3) is 3.81. The van der Waals surface area contributed by atoms with Gasteiger partial charge in [0.1, 0.15) is 0 Å². The van der Waals surface area contributed by atoms with Gasteiger partial charge in [0.15, 0.2) is 0 Å². The smallest absolute Gasteiger partial charge is 0.0852 e. The van der Waals surface area contributed by atoms with Gasteiger partial charge in [-0.2, -0.15) is 0 Å². The van der Waals surface area contributed by atoms with Crippen molar-refractivity contribution in [2.75, 3.05) is 0 Å². The monoisotopic (exact) mass is 335 g/mol. The molecule has 0 aliphatic rings. The van der Waals surface area contributed by atoms with Gasteiger partial charge in [0, 0.05) is 15.8 Å². The number of aryl methyl sites for hydroxylation is 1. The van der Waals surface area contributed by atoms with Gasteiger partial charge in [0.05, 0.1) is 10.8 Å². The molecule has 0 spiro atoms. The van der Waals surface area contributed by atoms with Crippen LogP contribution in [-0.4, -0.2) is 4.21 Å². The summed E-state index contributed by atoms with van der Waals surface area (Å²) in [6, 6.07) is 25.6. The summed E-state index contributed by atoms with van der Waals surface area (Å²) < 4.78 is 13.0. The normalized spacial score (nSPS) is 13.4. The van der Waals surface area contributed by atoms with Crippen molar-refractivity contribution < 1.29 is 4.21 Å². The molecule has 0 saturated heterocycles. The van der Waals surface area contributed by atoms with Gasteiger partial charge in [-0.1, -0.05) is 66.2 Å². The Balaban J connectivity index is 1.88.